The highest BCUT2D eigenvalue weighted by molar-refractivity contribution is 6.03. The van der Waals surface area contributed by atoms with E-state index in [1.807, 2.05) is 26.0 Å². The quantitative estimate of drug-likeness (QED) is 0.888. The Morgan fingerprint density at radius 2 is 1.92 bits per heavy atom. The Bertz CT molecular complexity index is 772. The number of ether oxygens (including phenoxy) is 1. The lowest BCUT2D eigenvalue weighted by atomic mass is 10.1. The van der Waals surface area contributed by atoms with Crippen LogP contribution in [0, 0.1) is 13.8 Å². The molecule has 1 aliphatic rings. The van der Waals surface area contributed by atoms with E-state index >= 15 is 0 Å². The fraction of sp³-hybridized carbons (Fsp3) is 0.389. The lowest BCUT2D eigenvalue weighted by molar-refractivity contribution is 0.102. The van der Waals surface area contributed by atoms with E-state index in [1.165, 1.54) is 0 Å². The summed E-state index contributed by atoms with van der Waals surface area (Å²) in [5, 5.41) is 5.80. The number of rotatable bonds is 4. The molecule has 1 amide bonds. The lowest BCUT2D eigenvalue weighted by Gasteiger charge is -2.29. The number of aromatic nitrogens is 2. The second kappa shape index (κ2) is 7.48. The Kier molecular flexibility index (Phi) is 5.14. The van der Waals surface area contributed by atoms with Crippen molar-refractivity contribution in [1.82, 2.24) is 9.97 Å². The largest absolute Gasteiger partial charge is 0.378 e. The summed E-state index contributed by atoms with van der Waals surface area (Å²) in [6.07, 6.45) is 0. The van der Waals surface area contributed by atoms with E-state index in [-0.39, 0.29) is 5.91 Å². The van der Waals surface area contributed by atoms with Crippen LogP contribution in [-0.2, 0) is 4.74 Å². The van der Waals surface area contributed by atoms with Gasteiger partial charge in [-0.25, -0.2) is 9.97 Å². The molecular formula is C18H23N5O2. The molecule has 25 heavy (non-hydrogen) atoms. The smallest absolute Gasteiger partial charge is 0.274 e. The van der Waals surface area contributed by atoms with E-state index in [1.54, 1.807) is 13.1 Å². The minimum atomic E-state index is -0.246. The molecule has 0 aliphatic carbocycles. The summed E-state index contributed by atoms with van der Waals surface area (Å²) in [6.45, 7) is 7.10. The number of amides is 1. The molecule has 0 bridgehead atoms. The molecule has 3 rings (SSSR count). The Hall–Kier alpha value is -2.67. The molecule has 2 N–H and O–H groups in total. The molecule has 0 spiro atoms. The maximum atomic E-state index is 12.5. The van der Waals surface area contributed by atoms with Gasteiger partial charge in [0.2, 0.25) is 5.95 Å². The van der Waals surface area contributed by atoms with Gasteiger partial charge in [0.05, 0.1) is 13.2 Å². The van der Waals surface area contributed by atoms with Gasteiger partial charge in [0.1, 0.15) is 5.69 Å². The monoisotopic (exact) mass is 341 g/mol. The summed E-state index contributed by atoms with van der Waals surface area (Å²) in [7, 11) is 1.73. The highest BCUT2D eigenvalue weighted by Crippen LogP contribution is 2.24. The van der Waals surface area contributed by atoms with Gasteiger partial charge in [-0.3, -0.25) is 4.79 Å². The van der Waals surface area contributed by atoms with Crippen molar-refractivity contribution in [3.63, 3.8) is 0 Å². The Labute approximate surface area is 147 Å². The molecule has 1 saturated heterocycles. The summed E-state index contributed by atoms with van der Waals surface area (Å²) in [5.74, 6) is 0.189. The molecule has 2 heterocycles. The number of benzene rings is 1. The summed E-state index contributed by atoms with van der Waals surface area (Å²) in [5.41, 5.74) is 4.02. The standard InChI is InChI=1S/C18H23N5O2/c1-12-10-14(23-6-8-25-9-7-23)4-5-15(12)21-17(24)16-11-13(2)20-18(19-3)22-16/h4-5,10-11H,6-9H2,1-3H3,(H,21,24)(H,19,20,22). The Morgan fingerprint density at radius 3 is 2.60 bits per heavy atom. The number of anilines is 3. The van der Waals surface area contributed by atoms with Gasteiger partial charge >= 0.3 is 0 Å². The highest BCUT2D eigenvalue weighted by atomic mass is 16.5. The zero-order chi connectivity index (χ0) is 17.8. The normalized spacial score (nSPS) is 14.3. The molecule has 1 aromatic heterocycles. The van der Waals surface area contributed by atoms with Crippen LogP contribution in [0.1, 0.15) is 21.7 Å². The third kappa shape index (κ3) is 4.06. The SMILES string of the molecule is CNc1nc(C)cc(C(=O)Nc2ccc(N3CCOCC3)cc2C)n1. The molecule has 0 atom stereocenters. The van der Waals surface area contributed by atoms with Crippen molar-refractivity contribution in [2.24, 2.45) is 0 Å². The minimum Gasteiger partial charge on any atom is -0.378 e. The van der Waals surface area contributed by atoms with Crippen molar-refractivity contribution in [2.75, 3.05) is 48.9 Å². The molecular weight excluding hydrogens is 318 g/mol. The van der Waals surface area contributed by atoms with Crippen LogP contribution in [0.4, 0.5) is 17.3 Å². The molecule has 1 aromatic carbocycles. The first kappa shape index (κ1) is 17.2. The highest BCUT2D eigenvalue weighted by Gasteiger charge is 2.14. The van der Waals surface area contributed by atoms with Gasteiger partial charge < -0.3 is 20.3 Å². The third-order valence-electron chi connectivity index (χ3n) is 4.14. The number of nitrogens with zero attached hydrogens (tertiary/aromatic N) is 3. The number of aryl methyl sites for hydroxylation is 2. The van der Waals surface area contributed by atoms with Crippen molar-refractivity contribution in [1.29, 1.82) is 0 Å². The average molecular weight is 341 g/mol. The molecule has 2 aromatic rings. The van der Waals surface area contributed by atoms with Gasteiger partial charge in [-0.05, 0) is 43.7 Å². The number of carbonyl (C=O) groups is 1. The van der Waals surface area contributed by atoms with E-state index in [2.05, 4.69) is 31.6 Å². The van der Waals surface area contributed by atoms with Gasteiger partial charge in [-0.1, -0.05) is 0 Å². The fourth-order valence-corrected chi connectivity index (χ4v) is 2.79. The first-order valence-corrected chi connectivity index (χ1v) is 8.35. The van der Waals surface area contributed by atoms with Crippen LogP contribution in [-0.4, -0.2) is 49.2 Å². The van der Waals surface area contributed by atoms with E-state index in [0.717, 1.165) is 48.9 Å². The molecule has 0 unspecified atom stereocenters. The van der Waals surface area contributed by atoms with Gasteiger partial charge in [0.15, 0.2) is 0 Å². The summed E-state index contributed by atoms with van der Waals surface area (Å²) < 4.78 is 5.39. The van der Waals surface area contributed by atoms with Crippen molar-refractivity contribution in [3.8, 4) is 0 Å². The molecule has 132 valence electrons. The van der Waals surface area contributed by atoms with Crippen molar-refractivity contribution in [2.45, 2.75) is 13.8 Å². The van der Waals surface area contributed by atoms with E-state index < -0.39 is 0 Å². The zero-order valence-corrected chi connectivity index (χ0v) is 14.8. The van der Waals surface area contributed by atoms with E-state index in [9.17, 15) is 4.79 Å². The van der Waals surface area contributed by atoms with E-state index in [0.29, 0.717) is 11.6 Å². The minimum absolute atomic E-state index is 0.246. The number of hydrogen-bond donors (Lipinski definition) is 2. The van der Waals surface area contributed by atoms with Crippen LogP contribution in [0.25, 0.3) is 0 Å². The molecule has 0 saturated carbocycles. The van der Waals surface area contributed by atoms with Crippen molar-refractivity contribution < 1.29 is 9.53 Å². The summed E-state index contributed by atoms with van der Waals surface area (Å²) >= 11 is 0. The lowest BCUT2D eigenvalue weighted by Crippen LogP contribution is -2.36. The van der Waals surface area contributed by atoms with Crippen LogP contribution in [0.2, 0.25) is 0 Å². The molecule has 0 radical (unpaired) electrons. The average Bonchev–Trinajstić information content (AvgIpc) is 2.63. The molecule has 7 heteroatoms. The summed E-state index contributed by atoms with van der Waals surface area (Å²) in [6, 6.07) is 7.72. The van der Waals surface area contributed by atoms with Crippen LogP contribution in [0.5, 0.6) is 0 Å². The van der Waals surface area contributed by atoms with Crippen molar-refractivity contribution in [3.05, 3.63) is 41.2 Å². The summed E-state index contributed by atoms with van der Waals surface area (Å²) in [4.78, 5) is 23.2. The molecule has 1 aliphatic heterocycles. The number of morpholine rings is 1. The fourth-order valence-electron chi connectivity index (χ4n) is 2.79. The predicted molar refractivity (Wildman–Crippen MR) is 98.5 cm³/mol. The first-order chi connectivity index (χ1) is 12.1. The number of hydrogen-bond acceptors (Lipinski definition) is 6. The Balaban J connectivity index is 1.76. The van der Waals surface area contributed by atoms with Crippen molar-refractivity contribution >= 4 is 23.2 Å². The number of nitrogens with one attached hydrogen (secondary N) is 2. The maximum absolute atomic E-state index is 12.5. The van der Waals surface area contributed by atoms with Crippen LogP contribution in [0.15, 0.2) is 24.3 Å². The second-order valence-corrected chi connectivity index (χ2v) is 6.02. The van der Waals surface area contributed by atoms with Gasteiger partial charge in [0, 0.05) is 37.2 Å². The zero-order valence-electron chi connectivity index (χ0n) is 14.8. The predicted octanol–water partition coefficient (Wildman–Crippen LogP) is 2.22. The molecule has 1 fully saturated rings. The van der Waals surface area contributed by atoms with Crippen LogP contribution >= 0.6 is 0 Å². The van der Waals surface area contributed by atoms with Gasteiger partial charge in [-0.15, -0.1) is 0 Å². The third-order valence-corrected chi connectivity index (χ3v) is 4.14. The topological polar surface area (TPSA) is 79.4 Å². The first-order valence-electron chi connectivity index (χ1n) is 8.35. The second-order valence-electron chi connectivity index (χ2n) is 6.02. The maximum Gasteiger partial charge on any atom is 0.274 e. The van der Waals surface area contributed by atoms with Gasteiger partial charge in [0.25, 0.3) is 5.91 Å². The van der Waals surface area contributed by atoms with E-state index in [4.69, 9.17) is 4.74 Å². The van der Waals surface area contributed by atoms with Gasteiger partial charge in [-0.2, -0.15) is 0 Å². The molecule has 7 nitrogen and oxygen atoms in total. The number of carbonyl (C=O) groups excluding carboxylic acids is 1. The van der Waals surface area contributed by atoms with Crippen LogP contribution in [0.3, 0.4) is 0 Å². The Morgan fingerprint density at radius 1 is 1.16 bits per heavy atom. The van der Waals surface area contributed by atoms with Crippen LogP contribution < -0.4 is 15.5 Å².